The van der Waals surface area contributed by atoms with E-state index in [9.17, 15) is 4.79 Å². The molecular formula is C26H30F2N4O3. The molecule has 3 heterocycles. The number of anilines is 1. The van der Waals surface area contributed by atoms with Crippen molar-refractivity contribution in [3.05, 3.63) is 53.4 Å². The highest BCUT2D eigenvalue weighted by molar-refractivity contribution is 5.71. The van der Waals surface area contributed by atoms with Crippen LogP contribution in [0.15, 0.2) is 30.5 Å². The largest absolute Gasteiger partial charge is 0.453 e. The minimum atomic E-state index is -0.660. The van der Waals surface area contributed by atoms with E-state index >= 15 is 8.78 Å². The quantitative estimate of drug-likeness (QED) is 0.555. The van der Waals surface area contributed by atoms with Crippen molar-refractivity contribution in [3.63, 3.8) is 0 Å². The van der Waals surface area contributed by atoms with E-state index < -0.39 is 17.7 Å². The van der Waals surface area contributed by atoms with Crippen molar-refractivity contribution in [3.8, 4) is 11.3 Å². The van der Waals surface area contributed by atoms with Crippen molar-refractivity contribution in [1.29, 1.82) is 0 Å². The van der Waals surface area contributed by atoms with E-state index in [-0.39, 0.29) is 23.4 Å². The fraction of sp³-hybridized carbons (Fsp3) is 0.462. The van der Waals surface area contributed by atoms with Gasteiger partial charge in [-0.25, -0.2) is 18.6 Å². The lowest BCUT2D eigenvalue weighted by molar-refractivity contribution is -0.0241. The number of aryl methyl sites for hydroxylation is 1. The number of halogens is 2. The van der Waals surface area contributed by atoms with E-state index in [2.05, 4.69) is 10.3 Å². The Hall–Kier alpha value is -3.20. The zero-order valence-electron chi connectivity index (χ0n) is 20.0. The van der Waals surface area contributed by atoms with Crippen molar-refractivity contribution in [2.45, 2.75) is 51.2 Å². The number of nitrogens with zero attached hydrogens (tertiary/aromatic N) is 3. The number of hydrogen-bond donors (Lipinski definition) is 1. The summed E-state index contributed by atoms with van der Waals surface area (Å²) in [5.41, 5.74) is 2.76. The average molecular weight is 485 g/mol. The molecule has 1 aromatic carbocycles. The predicted molar refractivity (Wildman–Crippen MR) is 129 cm³/mol. The number of imidazole rings is 1. The number of methoxy groups -OCH3 is 1. The van der Waals surface area contributed by atoms with Crippen LogP contribution >= 0.6 is 0 Å². The first-order valence-electron chi connectivity index (χ1n) is 12.1. The zero-order chi connectivity index (χ0) is 24.5. The van der Waals surface area contributed by atoms with Gasteiger partial charge < -0.3 is 24.1 Å². The molecule has 1 N–H and O–H groups in total. The minimum Gasteiger partial charge on any atom is -0.453 e. The SMILES string of the molecule is COC(=O)N1CCO[C@@H](Cc2c(-c3c(F)cc(NC4CCCC4)cc3F)nc3cc(C)ccn23)C1. The Kier molecular flexibility index (Phi) is 6.60. The first-order chi connectivity index (χ1) is 16.9. The summed E-state index contributed by atoms with van der Waals surface area (Å²) >= 11 is 0. The Morgan fingerprint density at radius 2 is 1.97 bits per heavy atom. The zero-order valence-corrected chi connectivity index (χ0v) is 20.0. The van der Waals surface area contributed by atoms with Crippen LogP contribution in [-0.2, 0) is 15.9 Å². The minimum absolute atomic E-state index is 0.154. The lowest BCUT2D eigenvalue weighted by Gasteiger charge is -2.32. The second kappa shape index (κ2) is 9.81. The monoisotopic (exact) mass is 484 g/mol. The number of morpholine rings is 1. The van der Waals surface area contributed by atoms with E-state index in [1.54, 1.807) is 4.90 Å². The number of fused-ring (bicyclic) bond motifs is 1. The molecule has 9 heteroatoms. The van der Waals surface area contributed by atoms with Gasteiger partial charge in [0.05, 0.1) is 43.3 Å². The van der Waals surface area contributed by atoms with E-state index in [1.807, 2.05) is 29.7 Å². The fourth-order valence-corrected chi connectivity index (χ4v) is 5.13. The number of pyridine rings is 1. The third-order valence-electron chi connectivity index (χ3n) is 6.88. The molecule has 2 aromatic heterocycles. The molecule has 0 radical (unpaired) electrons. The number of hydrogen-bond acceptors (Lipinski definition) is 5. The van der Waals surface area contributed by atoms with Crippen molar-refractivity contribution in [2.24, 2.45) is 0 Å². The van der Waals surface area contributed by atoms with E-state index in [1.165, 1.54) is 19.2 Å². The van der Waals surface area contributed by atoms with Crippen LogP contribution in [0.1, 0.15) is 36.9 Å². The molecule has 1 aliphatic heterocycles. The van der Waals surface area contributed by atoms with Gasteiger partial charge in [0.2, 0.25) is 0 Å². The molecule has 1 atom stereocenters. The Balaban J connectivity index is 1.51. The van der Waals surface area contributed by atoms with E-state index in [0.29, 0.717) is 43.1 Å². The van der Waals surface area contributed by atoms with E-state index in [4.69, 9.17) is 9.47 Å². The molecule has 35 heavy (non-hydrogen) atoms. The first-order valence-corrected chi connectivity index (χ1v) is 12.1. The third-order valence-corrected chi connectivity index (χ3v) is 6.88. The van der Waals surface area contributed by atoms with Gasteiger partial charge in [0.15, 0.2) is 0 Å². The Morgan fingerprint density at radius 1 is 1.23 bits per heavy atom. The highest BCUT2D eigenvalue weighted by Crippen LogP contribution is 2.34. The van der Waals surface area contributed by atoms with Gasteiger partial charge in [0, 0.05) is 30.9 Å². The van der Waals surface area contributed by atoms with Gasteiger partial charge in [-0.15, -0.1) is 0 Å². The smallest absolute Gasteiger partial charge is 0.409 e. The highest BCUT2D eigenvalue weighted by atomic mass is 19.1. The fourth-order valence-electron chi connectivity index (χ4n) is 5.13. The molecule has 0 spiro atoms. The lowest BCUT2D eigenvalue weighted by atomic mass is 10.0. The summed E-state index contributed by atoms with van der Waals surface area (Å²) in [6.45, 7) is 3.05. The second-order valence-corrected chi connectivity index (χ2v) is 9.39. The van der Waals surface area contributed by atoms with Gasteiger partial charge in [0.1, 0.15) is 17.3 Å². The molecule has 0 unspecified atom stereocenters. The van der Waals surface area contributed by atoms with Gasteiger partial charge in [-0.2, -0.15) is 0 Å². The summed E-state index contributed by atoms with van der Waals surface area (Å²) in [4.78, 5) is 18.2. The summed E-state index contributed by atoms with van der Waals surface area (Å²) in [5.74, 6) is -1.32. The molecule has 0 bridgehead atoms. The molecule has 3 aromatic rings. The molecule has 5 rings (SSSR count). The van der Waals surface area contributed by atoms with Crippen molar-refractivity contribution in [1.82, 2.24) is 14.3 Å². The van der Waals surface area contributed by atoms with Crippen LogP contribution in [0, 0.1) is 18.6 Å². The maximum atomic E-state index is 15.4. The number of rotatable bonds is 5. The van der Waals surface area contributed by atoms with E-state index in [0.717, 1.165) is 31.2 Å². The molecule has 1 amide bonds. The van der Waals surface area contributed by atoms with Gasteiger partial charge in [-0.1, -0.05) is 12.8 Å². The van der Waals surface area contributed by atoms with Crippen molar-refractivity contribution >= 4 is 17.4 Å². The summed E-state index contributed by atoms with van der Waals surface area (Å²) in [6, 6.07) is 6.75. The van der Waals surface area contributed by atoms with Crippen LogP contribution in [0.4, 0.5) is 19.3 Å². The summed E-state index contributed by atoms with van der Waals surface area (Å²) in [7, 11) is 1.34. The van der Waals surface area contributed by atoms with Gasteiger partial charge in [-0.05, 0) is 49.6 Å². The summed E-state index contributed by atoms with van der Waals surface area (Å²) < 4.78 is 43.4. The van der Waals surface area contributed by atoms with Crippen LogP contribution in [0.25, 0.3) is 16.9 Å². The standard InChI is InChI=1S/C26H30F2N4O3/c1-16-7-8-32-22(14-19-15-31(9-10-35-19)26(33)34-2)25(30-23(32)11-16)24-20(27)12-18(13-21(24)28)29-17-5-3-4-6-17/h7-8,11-13,17,19,29H,3-6,9-10,14-15H2,1-2H3/t19-/m0/s1. The van der Waals surface area contributed by atoms with Crippen LogP contribution < -0.4 is 5.32 Å². The maximum Gasteiger partial charge on any atom is 0.409 e. The molecule has 7 nitrogen and oxygen atoms in total. The average Bonchev–Trinajstić information content (AvgIpc) is 3.46. The number of aromatic nitrogens is 2. The Bertz CT molecular complexity index is 1220. The Labute approximate surface area is 203 Å². The molecule has 2 fully saturated rings. The number of nitrogens with one attached hydrogen (secondary N) is 1. The predicted octanol–water partition coefficient (Wildman–Crippen LogP) is 4.95. The van der Waals surface area contributed by atoms with Crippen molar-refractivity contribution in [2.75, 3.05) is 32.1 Å². The first kappa shape index (κ1) is 23.5. The lowest BCUT2D eigenvalue weighted by Crippen LogP contribution is -2.46. The topological polar surface area (TPSA) is 68.1 Å². The molecule has 2 aliphatic rings. The van der Waals surface area contributed by atoms with Crippen LogP contribution in [0.3, 0.4) is 0 Å². The maximum absolute atomic E-state index is 15.4. The van der Waals surface area contributed by atoms with Crippen molar-refractivity contribution < 1.29 is 23.0 Å². The van der Waals surface area contributed by atoms with Gasteiger partial charge >= 0.3 is 6.09 Å². The number of carbonyl (C=O) groups is 1. The molecule has 1 saturated heterocycles. The summed E-state index contributed by atoms with van der Waals surface area (Å²) in [6.07, 6.45) is 5.66. The second-order valence-electron chi connectivity index (χ2n) is 9.39. The van der Waals surface area contributed by atoms with Crippen LogP contribution in [0.5, 0.6) is 0 Å². The van der Waals surface area contributed by atoms with Crippen LogP contribution in [0.2, 0.25) is 0 Å². The Morgan fingerprint density at radius 3 is 2.69 bits per heavy atom. The van der Waals surface area contributed by atoms with Gasteiger partial charge in [-0.3, -0.25) is 0 Å². The number of carbonyl (C=O) groups excluding carboxylic acids is 1. The van der Waals surface area contributed by atoms with Crippen LogP contribution in [-0.4, -0.2) is 59.3 Å². The molecular weight excluding hydrogens is 454 g/mol. The molecule has 1 aliphatic carbocycles. The number of ether oxygens (including phenoxy) is 2. The molecule has 186 valence electrons. The highest BCUT2D eigenvalue weighted by Gasteiger charge is 2.29. The summed E-state index contributed by atoms with van der Waals surface area (Å²) in [5, 5.41) is 3.26. The normalized spacial score (nSPS) is 18.9. The third kappa shape index (κ3) is 4.82. The number of amides is 1. The molecule has 1 saturated carbocycles. The van der Waals surface area contributed by atoms with Gasteiger partial charge in [0.25, 0.3) is 0 Å². The number of benzene rings is 1.